The Morgan fingerprint density at radius 3 is 2.62 bits per heavy atom. The number of hydrogen-bond acceptors (Lipinski definition) is 5. The molecule has 1 aliphatic heterocycles. The van der Waals surface area contributed by atoms with Gasteiger partial charge in [0.1, 0.15) is 5.75 Å². The van der Waals surface area contributed by atoms with Crippen LogP contribution in [0.15, 0.2) is 53.4 Å². The van der Waals surface area contributed by atoms with E-state index in [1.165, 1.54) is 23.6 Å². The molecule has 2 aromatic rings. The number of nitrogens with zero attached hydrogens (tertiary/aromatic N) is 1. The number of carbonyl (C=O) groups is 2. The molecule has 0 atom stereocenters. The number of ketones is 1. The van der Waals surface area contributed by atoms with Crippen molar-refractivity contribution < 1.29 is 14.3 Å². The Morgan fingerprint density at radius 1 is 1.23 bits per heavy atom. The molecule has 0 unspecified atom stereocenters. The van der Waals surface area contributed by atoms with E-state index in [4.69, 9.17) is 17.0 Å². The van der Waals surface area contributed by atoms with Gasteiger partial charge in [-0.25, -0.2) is 0 Å². The number of hydrogen-bond donors (Lipinski definition) is 0. The third-order valence-electron chi connectivity index (χ3n) is 3.79. The number of Topliss-reactive ketones (excluding diaryl/α,β-unsaturated/α-hetero) is 1. The van der Waals surface area contributed by atoms with Gasteiger partial charge >= 0.3 is 0 Å². The van der Waals surface area contributed by atoms with Gasteiger partial charge in [0.25, 0.3) is 5.91 Å². The van der Waals surface area contributed by atoms with Gasteiger partial charge in [0.2, 0.25) is 0 Å². The van der Waals surface area contributed by atoms with Crippen molar-refractivity contribution in [2.24, 2.45) is 0 Å². The van der Waals surface area contributed by atoms with Crippen LogP contribution >= 0.6 is 24.0 Å². The third-order valence-corrected chi connectivity index (χ3v) is 5.10. The highest BCUT2D eigenvalue weighted by Crippen LogP contribution is 2.36. The van der Waals surface area contributed by atoms with Crippen molar-refractivity contribution in [2.75, 3.05) is 11.5 Å². The predicted octanol–water partition coefficient (Wildman–Crippen LogP) is 4.69. The van der Waals surface area contributed by atoms with E-state index in [1.807, 2.05) is 37.3 Å². The maximum Gasteiger partial charge on any atom is 0.270 e. The van der Waals surface area contributed by atoms with Gasteiger partial charge in [-0.1, -0.05) is 48.2 Å². The van der Waals surface area contributed by atoms with Crippen LogP contribution < -0.4 is 9.64 Å². The van der Waals surface area contributed by atoms with Crippen LogP contribution in [0.4, 0.5) is 5.69 Å². The summed E-state index contributed by atoms with van der Waals surface area (Å²) in [5.41, 5.74) is 2.05. The number of amides is 1. The van der Waals surface area contributed by atoms with Crippen molar-refractivity contribution in [3.63, 3.8) is 0 Å². The first-order valence-corrected chi connectivity index (χ1v) is 9.34. The van der Waals surface area contributed by atoms with E-state index < -0.39 is 0 Å². The monoisotopic (exact) mass is 383 g/mol. The fraction of sp³-hybridized carbons (Fsp3) is 0.150. The zero-order valence-electron chi connectivity index (χ0n) is 14.4. The van der Waals surface area contributed by atoms with Gasteiger partial charge in [-0.15, -0.1) is 0 Å². The van der Waals surface area contributed by atoms with Gasteiger partial charge in [-0.2, -0.15) is 0 Å². The van der Waals surface area contributed by atoms with Gasteiger partial charge in [0, 0.05) is 5.56 Å². The molecule has 0 bridgehead atoms. The van der Waals surface area contributed by atoms with E-state index in [9.17, 15) is 9.59 Å². The summed E-state index contributed by atoms with van der Waals surface area (Å²) in [4.78, 5) is 26.4. The first-order chi connectivity index (χ1) is 12.5. The Balaban J connectivity index is 1.86. The number of carbonyl (C=O) groups excluding carboxylic acids is 2. The molecule has 1 saturated heterocycles. The molecule has 1 amide bonds. The molecule has 0 radical (unpaired) electrons. The number of anilines is 1. The summed E-state index contributed by atoms with van der Waals surface area (Å²) >= 11 is 6.63. The minimum Gasteiger partial charge on any atom is -0.494 e. The summed E-state index contributed by atoms with van der Waals surface area (Å²) in [5, 5.41) is 0. The molecule has 1 fully saturated rings. The van der Waals surface area contributed by atoms with Crippen LogP contribution in [0, 0.1) is 0 Å². The predicted molar refractivity (Wildman–Crippen MR) is 110 cm³/mol. The normalized spacial score (nSPS) is 15.6. The third kappa shape index (κ3) is 3.86. The largest absolute Gasteiger partial charge is 0.494 e. The number of thiocarbonyl (C=S) groups is 1. The van der Waals surface area contributed by atoms with E-state index in [-0.39, 0.29) is 11.7 Å². The van der Waals surface area contributed by atoms with Gasteiger partial charge in [-0.3, -0.25) is 14.5 Å². The van der Waals surface area contributed by atoms with Crippen LogP contribution in [0.25, 0.3) is 6.08 Å². The highest BCUT2D eigenvalue weighted by Gasteiger charge is 2.33. The molecule has 0 spiro atoms. The van der Waals surface area contributed by atoms with Crippen LogP contribution in [0.1, 0.15) is 29.8 Å². The number of rotatable bonds is 5. The van der Waals surface area contributed by atoms with Crippen LogP contribution in [0.5, 0.6) is 5.75 Å². The molecule has 6 heteroatoms. The maximum absolute atomic E-state index is 12.8. The molecular formula is C20H17NO3S2. The first kappa shape index (κ1) is 18.4. The average Bonchev–Trinajstić information content (AvgIpc) is 2.90. The Labute approximate surface area is 161 Å². The van der Waals surface area contributed by atoms with E-state index in [2.05, 4.69) is 0 Å². The van der Waals surface area contributed by atoms with E-state index in [0.29, 0.717) is 27.1 Å². The summed E-state index contributed by atoms with van der Waals surface area (Å²) in [6, 6.07) is 14.5. The molecule has 0 aromatic heterocycles. The molecule has 3 rings (SSSR count). The highest BCUT2D eigenvalue weighted by molar-refractivity contribution is 8.27. The highest BCUT2D eigenvalue weighted by atomic mass is 32.2. The fourth-order valence-corrected chi connectivity index (χ4v) is 3.83. The average molecular weight is 383 g/mol. The molecule has 0 saturated carbocycles. The lowest BCUT2D eigenvalue weighted by Crippen LogP contribution is -2.27. The summed E-state index contributed by atoms with van der Waals surface area (Å²) in [6.07, 6.45) is 1.81. The maximum atomic E-state index is 12.8. The molecule has 0 aliphatic carbocycles. The number of thioether (sulfide) groups is 1. The van der Waals surface area contributed by atoms with Gasteiger partial charge in [0.15, 0.2) is 10.1 Å². The summed E-state index contributed by atoms with van der Waals surface area (Å²) in [6.45, 7) is 4.03. The molecule has 1 heterocycles. The minimum atomic E-state index is -0.186. The molecule has 132 valence electrons. The summed E-state index contributed by atoms with van der Waals surface area (Å²) in [5.74, 6) is 0.551. The van der Waals surface area contributed by atoms with E-state index in [0.717, 1.165) is 11.3 Å². The van der Waals surface area contributed by atoms with Gasteiger partial charge < -0.3 is 4.74 Å². The summed E-state index contributed by atoms with van der Waals surface area (Å²) < 4.78 is 5.88. The molecule has 26 heavy (non-hydrogen) atoms. The van der Waals surface area contributed by atoms with Crippen molar-refractivity contribution in [1.29, 1.82) is 0 Å². The molecule has 1 aliphatic rings. The van der Waals surface area contributed by atoms with Gasteiger partial charge in [-0.05, 0) is 49.8 Å². The minimum absolute atomic E-state index is 0.0535. The standard InChI is InChI=1S/C20H17NO3S2/c1-3-24-17-9-7-14(8-10-17)11-18-19(23)21(20(25)26-18)16-6-4-5-15(12-16)13(2)22/h4-12H,3H2,1-2H3/b18-11-. The fourth-order valence-electron chi connectivity index (χ4n) is 2.53. The Hall–Kier alpha value is -2.44. The zero-order valence-corrected chi connectivity index (χ0v) is 16.0. The van der Waals surface area contributed by atoms with Crippen molar-refractivity contribution in [3.05, 3.63) is 64.6 Å². The lowest BCUT2D eigenvalue weighted by molar-refractivity contribution is -0.113. The van der Waals surface area contributed by atoms with Crippen LogP contribution in [-0.4, -0.2) is 22.6 Å². The van der Waals surface area contributed by atoms with Crippen molar-refractivity contribution >= 4 is 51.8 Å². The molecule has 4 nitrogen and oxygen atoms in total. The van der Waals surface area contributed by atoms with Gasteiger partial charge in [0.05, 0.1) is 17.2 Å². The molecule has 0 N–H and O–H groups in total. The van der Waals surface area contributed by atoms with E-state index >= 15 is 0 Å². The smallest absolute Gasteiger partial charge is 0.270 e. The van der Waals surface area contributed by atoms with Crippen molar-refractivity contribution in [1.82, 2.24) is 0 Å². The number of benzene rings is 2. The Morgan fingerprint density at radius 2 is 1.96 bits per heavy atom. The quantitative estimate of drug-likeness (QED) is 0.426. The Kier molecular flexibility index (Phi) is 5.54. The lowest BCUT2D eigenvalue weighted by Gasteiger charge is -2.15. The van der Waals surface area contributed by atoms with Crippen molar-refractivity contribution in [3.8, 4) is 5.75 Å². The SMILES string of the molecule is CCOc1ccc(/C=C2\SC(=S)N(c3cccc(C(C)=O)c3)C2=O)cc1. The van der Waals surface area contributed by atoms with E-state index in [1.54, 1.807) is 24.3 Å². The Bertz CT molecular complexity index is 904. The summed E-state index contributed by atoms with van der Waals surface area (Å²) in [7, 11) is 0. The second kappa shape index (κ2) is 7.85. The van der Waals surface area contributed by atoms with Crippen LogP contribution in [0.3, 0.4) is 0 Å². The first-order valence-electron chi connectivity index (χ1n) is 8.11. The second-order valence-corrected chi connectivity index (χ2v) is 7.30. The van der Waals surface area contributed by atoms with Crippen LogP contribution in [-0.2, 0) is 4.79 Å². The zero-order chi connectivity index (χ0) is 18.7. The topological polar surface area (TPSA) is 46.6 Å². The molecule has 2 aromatic carbocycles. The van der Waals surface area contributed by atoms with Crippen LogP contribution in [0.2, 0.25) is 0 Å². The molecular weight excluding hydrogens is 366 g/mol. The second-order valence-electron chi connectivity index (χ2n) is 5.63. The van der Waals surface area contributed by atoms with Crippen molar-refractivity contribution in [2.45, 2.75) is 13.8 Å². The lowest BCUT2D eigenvalue weighted by atomic mass is 10.1. The number of ether oxygens (including phenoxy) is 1.